The number of carbonyl (C=O) groups excluding carboxylic acids is 3. The van der Waals surface area contributed by atoms with Gasteiger partial charge in [0.1, 0.15) is 24.1 Å². The van der Waals surface area contributed by atoms with Crippen LogP contribution in [0.1, 0.15) is 67.9 Å². The van der Waals surface area contributed by atoms with Crippen LogP contribution >= 0.6 is 0 Å². The topological polar surface area (TPSA) is 139 Å². The van der Waals surface area contributed by atoms with Gasteiger partial charge in [-0.3, -0.25) is 19.3 Å². The zero-order chi connectivity index (χ0) is 38.9. The Bertz CT molecular complexity index is 2590. The maximum Gasteiger partial charge on any atom is 0.411 e. The predicted octanol–water partition coefficient (Wildman–Crippen LogP) is 7.18. The van der Waals surface area contributed by atoms with E-state index in [-0.39, 0.29) is 36.8 Å². The number of anilines is 1. The van der Waals surface area contributed by atoms with Crippen molar-refractivity contribution in [2.24, 2.45) is 0 Å². The number of benzene rings is 5. The Hall–Kier alpha value is -6.72. The predicted molar refractivity (Wildman–Crippen MR) is 215 cm³/mol. The quantitative estimate of drug-likeness (QED) is 0.172. The zero-order valence-electron chi connectivity index (χ0n) is 31.1. The Balaban J connectivity index is 0.000000159. The van der Waals surface area contributed by atoms with Crippen molar-refractivity contribution in [3.05, 3.63) is 170 Å². The fourth-order valence-corrected chi connectivity index (χ4v) is 8.06. The molecule has 286 valence electrons. The minimum atomic E-state index is -0.965. The second-order valence-corrected chi connectivity index (χ2v) is 14.5. The first kappa shape index (κ1) is 35.9. The molecule has 2 amide bonds. The van der Waals surface area contributed by atoms with E-state index in [0.717, 1.165) is 64.2 Å². The van der Waals surface area contributed by atoms with E-state index in [1.165, 1.54) is 16.0 Å². The molecule has 0 bridgehead atoms. The highest BCUT2D eigenvalue weighted by atomic mass is 16.6. The van der Waals surface area contributed by atoms with Gasteiger partial charge >= 0.3 is 6.09 Å². The molecule has 0 unspecified atom stereocenters. The number of H-pyrrole nitrogens is 1. The summed E-state index contributed by atoms with van der Waals surface area (Å²) in [6.45, 7) is 2.06. The highest BCUT2D eigenvalue weighted by molar-refractivity contribution is 6.07. The van der Waals surface area contributed by atoms with Crippen molar-refractivity contribution in [2.45, 2.75) is 44.5 Å². The van der Waals surface area contributed by atoms with Crippen molar-refractivity contribution in [2.75, 3.05) is 25.1 Å². The molecule has 11 heteroatoms. The first-order chi connectivity index (χ1) is 27.9. The SMILES string of the molecule is O=C1CCN(C(=O)OCc2ccccc2)[C@H](c2ccc3c(c2)CCO3)C(=O)Nc2ccccc21.O=c1c2c([nH]c3ccccc13)[C@@H](c1ccc3c(c1)CCO3)NC2. The average molecular weight is 761 g/mol. The maximum absolute atomic E-state index is 13.6. The number of amides is 2. The van der Waals surface area contributed by atoms with Crippen molar-refractivity contribution in [1.29, 1.82) is 0 Å². The van der Waals surface area contributed by atoms with E-state index in [9.17, 15) is 19.2 Å². The summed E-state index contributed by atoms with van der Waals surface area (Å²) in [4.78, 5) is 57.3. The van der Waals surface area contributed by atoms with Gasteiger partial charge in [0.05, 0.1) is 24.9 Å². The summed E-state index contributed by atoms with van der Waals surface area (Å²) < 4.78 is 16.8. The Morgan fingerprint density at radius 3 is 2.23 bits per heavy atom. The van der Waals surface area contributed by atoms with Gasteiger partial charge in [0.2, 0.25) is 0 Å². The third kappa shape index (κ3) is 7.13. The Kier molecular flexibility index (Phi) is 9.73. The maximum atomic E-state index is 13.6. The number of hydrogen-bond acceptors (Lipinski definition) is 8. The third-order valence-corrected chi connectivity index (χ3v) is 11.0. The number of Topliss-reactive ketones (excluding diaryl/α,β-unsaturated/α-hetero) is 1. The molecule has 2 atom stereocenters. The molecule has 3 N–H and O–H groups in total. The van der Waals surface area contributed by atoms with Gasteiger partial charge in [0.25, 0.3) is 5.91 Å². The van der Waals surface area contributed by atoms with Gasteiger partial charge in [-0.05, 0) is 70.3 Å². The minimum Gasteiger partial charge on any atom is -0.493 e. The molecule has 0 radical (unpaired) electrons. The summed E-state index contributed by atoms with van der Waals surface area (Å²) >= 11 is 0. The third-order valence-electron chi connectivity index (χ3n) is 11.0. The van der Waals surface area contributed by atoms with Gasteiger partial charge in [-0.15, -0.1) is 0 Å². The summed E-state index contributed by atoms with van der Waals surface area (Å²) in [5.41, 5.74) is 8.63. The number of fused-ring (bicyclic) bond motifs is 5. The summed E-state index contributed by atoms with van der Waals surface area (Å²) in [5, 5.41) is 7.10. The van der Waals surface area contributed by atoms with E-state index in [1.54, 1.807) is 30.3 Å². The van der Waals surface area contributed by atoms with Crippen molar-refractivity contribution in [3.63, 3.8) is 0 Å². The standard InChI is InChI=1S/C27H24N2O5.C19H16N2O2/c30-23-12-14-29(27(32)34-17-18-6-2-1-3-7-18)25(20-10-11-24-19(16-20)13-15-33-24)26(31)28-22-9-5-4-8-21(22)23;22-19-13-3-1-2-4-15(13)21-18-14(19)10-20-17(18)12-5-6-16-11(9-12)7-8-23-16/h1-11,16,25H,12-15,17H2,(H,28,31);1-6,9,17,20H,7-8,10H2,(H,21,22)/t25-;17-/m11/s1. The first-order valence-corrected chi connectivity index (χ1v) is 19.2. The van der Waals surface area contributed by atoms with Gasteiger partial charge in [-0.2, -0.15) is 0 Å². The number of rotatable bonds is 4. The van der Waals surface area contributed by atoms with Crippen LogP contribution in [-0.2, 0) is 35.5 Å². The number of pyridine rings is 1. The molecule has 5 aromatic carbocycles. The van der Waals surface area contributed by atoms with E-state index in [1.807, 2.05) is 72.8 Å². The fourth-order valence-electron chi connectivity index (χ4n) is 8.06. The number of aromatic amines is 1. The monoisotopic (exact) mass is 760 g/mol. The molecule has 0 aliphatic carbocycles. The molecule has 4 aliphatic rings. The van der Waals surface area contributed by atoms with E-state index in [2.05, 4.69) is 27.8 Å². The van der Waals surface area contributed by atoms with Crippen LogP contribution in [0.2, 0.25) is 0 Å². The molecule has 0 saturated heterocycles. The van der Waals surface area contributed by atoms with E-state index in [0.29, 0.717) is 30.0 Å². The van der Waals surface area contributed by atoms with Crippen LogP contribution in [0.25, 0.3) is 10.9 Å². The van der Waals surface area contributed by atoms with Crippen molar-refractivity contribution in [3.8, 4) is 11.5 Å². The van der Waals surface area contributed by atoms with Crippen LogP contribution in [-0.4, -0.2) is 47.4 Å². The van der Waals surface area contributed by atoms with Gasteiger partial charge in [-0.25, -0.2) is 4.79 Å². The molecule has 0 saturated carbocycles. The highest BCUT2D eigenvalue weighted by Crippen LogP contribution is 2.35. The minimum absolute atomic E-state index is 0.0354. The van der Waals surface area contributed by atoms with Crippen LogP contribution in [0.15, 0.2) is 120 Å². The van der Waals surface area contributed by atoms with Crippen molar-refractivity contribution < 1.29 is 28.6 Å². The number of aromatic nitrogens is 1. The zero-order valence-corrected chi connectivity index (χ0v) is 31.1. The molecule has 4 aliphatic heterocycles. The van der Waals surface area contributed by atoms with E-state index >= 15 is 0 Å². The lowest BCUT2D eigenvalue weighted by molar-refractivity contribution is -0.121. The summed E-state index contributed by atoms with van der Waals surface area (Å²) in [6.07, 6.45) is 1.10. The largest absolute Gasteiger partial charge is 0.493 e. The molecule has 5 heterocycles. The number of carbonyl (C=O) groups is 3. The normalized spacial score (nSPS) is 17.9. The number of ketones is 1. The molecule has 6 aromatic rings. The highest BCUT2D eigenvalue weighted by Gasteiger charge is 2.36. The Morgan fingerprint density at radius 1 is 0.754 bits per heavy atom. The lowest BCUT2D eigenvalue weighted by Gasteiger charge is -2.30. The fraction of sp³-hybridized carbons (Fsp3) is 0.217. The van der Waals surface area contributed by atoms with E-state index < -0.39 is 18.0 Å². The van der Waals surface area contributed by atoms with Crippen molar-refractivity contribution >= 4 is 34.4 Å². The summed E-state index contributed by atoms with van der Waals surface area (Å²) in [5.74, 6) is 1.21. The van der Waals surface area contributed by atoms with Gasteiger partial charge < -0.3 is 29.8 Å². The molecular weight excluding hydrogens is 721 g/mol. The summed E-state index contributed by atoms with van der Waals surface area (Å²) in [7, 11) is 0. The molecule has 11 nitrogen and oxygen atoms in total. The first-order valence-electron chi connectivity index (χ1n) is 19.2. The second kappa shape index (κ2) is 15.4. The van der Waals surface area contributed by atoms with Crippen molar-refractivity contribution in [1.82, 2.24) is 15.2 Å². The average Bonchev–Trinajstić information content (AvgIpc) is 4.02. The molecule has 0 spiro atoms. The number of nitrogens with one attached hydrogen (secondary N) is 3. The lowest BCUT2D eigenvalue weighted by Crippen LogP contribution is -2.42. The number of nitrogens with zero attached hydrogens (tertiary/aromatic N) is 1. The smallest absolute Gasteiger partial charge is 0.411 e. The Morgan fingerprint density at radius 2 is 1.44 bits per heavy atom. The van der Waals surface area contributed by atoms with Gasteiger partial charge in [-0.1, -0.05) is 72.8 Å². The molecule has 57 heavy (non-hydrogen) atoms. The van der Waals surface area contributed by atoms with Gasteiger partial charge in [0, 0.05) is 60.1 Å². The molecule has 1 aromatic heterocycles. The van der Waals surface area contributed by atoms with Crippen LogP contribution < -0.4 is 25.5 Å². The summed E-state index contributed by atoms with van der Waals surface area (Å²) in [6, 6.07) is 34.8. The Labute approximate surface area is 328 Å². The van der Waals surface area contributed by atoms with Gasteiger partial charge in [0.15, 0.2) is 11.2 Å². The number of para-hydroxylation sites is 2. The second-order valence-electron chi connectivity index (χ2n) is 14.5. The lowest BCUT2D eigenvalue weighted by atomic mass is 9.99. The van der Waals surface area contributed by atoms with E-state index in [4.69, 9.17) is 14.2 Å². The van der Waals surface area contributed by atoms with Crippen LogP contribution in [0, 0.1) is 0 Å². The molecule has 10 rings (SSSR count). The molecule has 0 fully saturated rings. The van der Waals surface area contributed by atoms with Crippen LogP contribution in [0.4, 0.5) is 10.5 Å². The number of hydrogen-bond donors (Lipinski definition) is 3. The number of ether oxygens (including phenoxy) is 3. The van der Waals surface area contributed by atoms with Crippen LogP contribution in [0.3, 0.4) is 0 Å². The molecular formula is C46H40N4O7. The van der Waals surface area contributed by atoms with Crippen LogP contribution in [0.5, 0.6) is 11.5 Å².